The van der Waals surface area contributed by atoms with Crippen LogP contribution >= 0.6 is 11.6 Å². The van der Waals surface area contributed by atoms with Gasteiger partial charge in [0, 0.05) is 22.7 Å². The van der Waals surface area contributed by atoms with Gasteiger partial charge in [0.1, 0.15) is 11.2 Å². The van der Waals surface area contributed by atoms with Gasteiger partial charge in [0.15, 0.2) is 0 Å². The topological polar surface area (TPSA) is 67.2 Å². The summed E-state index contributed by atoms with van der Waals surface area (Å²) in [4.78, 5) is 28.0. The summed E-state index contributed by atoms with van der Waals surface area (Å²) < 4.78 is 1.60. The van der Waals surface area contributed by atoms with Gasteiger partial charge in [-0.05, 0) is 29.8 Å². The number of fused-ring (bicyclic) bond motifs is 4. The third-order valence-corrected chi connectivity index (χ3v) is 5.71. The maximum atomic E-state index is 13.6. The minimum Gasteiger partial charge on any atom is -0.310 e. The fourth-order valence-corrected chi connectivity index (χ4v) is 4.49. The highest BCUT2D eigenvalue weighted by molar-refractivity contribution is 6.30. The maximum Gasteiger partial charge on any atom is 0.243 e. The second-order valence-electron chi connectivity index (χ2n) is 7.04. The molecule has 3 heterocycles. The number of nitrogens with one attached hydrogen (secondary N) is 1. The number of aromatic nitrogens is 2. The van der Waals surface area contributed by atoms with E-state index in [0.717, 1.165) is 11.3 Å². The van der Waals surface area contributed by atoms with E-state index in [1.54, 1.807) is 34.0 Å². The minimum atomic E-state index is -1.15. The van der Waals surface area contributed by atoms with Gasteiger partial charge in [-0.25, -0.2) is 4.68 Å². The van der Waals surface area contributed by atoms with E-state index in [9.17, 15) is 9.59 Å². The Kier molecular flexibility index (Phi) is 3.76. The van der Waals surface area contributed by atoms with Crippen molar-refractivity contribution in [1.29, 1.82) is 0 Å². The van der Waals surface area contributed by atoms with Gasteiger partial charge >= 0.3 is 0 Å². The molecular formula is C22H15ClN4O2. The van der Waals surface area contributed by atoms with Gasteiger partial charge in [-0.1, -0.05) is 41.8 Å². The van der Waals surface area contributed by atoms with E-state index in [0.29, 0.717) is 22.1 Å². The first-order valence-corrected chi connectivity index (χ1v) is 9.43. The molecule has 1 atom stereocenters. The van der Waals surface area contributed by atoms with Gasteiger partial charge in [0.25, 0.3) is 0 Å². The van der Waals surface area contributed by atoms with Crippen molar-refractivity contribution < 1.29 is 9.59 Å². The van der Waals surface area contributed by atoms with Crippen LogP contribution in [-0.2, 0) is 15.0 Å². The van der Waals surface area contributed by atoms with Crippen molar-refractivity contribution in [2.45, 2.75) is 11.8 Å². The molecule has 0 saturated carbocycles. The van der Waals surface area contributed by atoms with Crippen LogP contribution in [0.4, 0.5) is 11.5 Å². The second kappa shape index (κ2) is 6.23. The van der Waals surface area contributed by atoms with Crippen LogP contribution in [0.3, 0.4) is 0 Å². The molecule has 0 aliphatic carbocycles. The number of halogens is 1. The Hall–Kier alpha value is -3.56. The summed E-state index contributed by atoms with van der Waals surface area (Å²) in [6, 6.07) is 14.6. The molecule has 2 aliphatic rings. The summed E-state index contributed by atoms with van der Waals surface area (Å²) in [6.07, 6.45) is 7.15. The van der Waals surface area contributed by atoms with Crippen LogP contribution in [0.5, 0.6) is 0 Å². The molecule has 0 unspecified atom stereocenters. The Labute approximate surface area is 172 Å². The molecule has 29 heavy (non-hydrogen) atoms. The molecule has 2 amide bonds. The maximum absolute atomic E-state index is 13.6. The van der Waals surface area contributed by atoms with Crippen molar-refractivity contribution in [2.75, 3.05) is 16.8 Å². The van der Waals surface area contributed by atoms with Gasteiger partial charge in [0.2, 0.25) is 11.8 Å². The number of carbonyl (C=O) groups is 2. The lowest BCUT2D eigenvalue weighted by atomic mass is 9.72. The summed E-state index contributed by atoms with van der Waals surface area (Å²) in [6.45, 7) is 0.136. The van der Waals surface area contributed by atoms with Crippen LogP contribution in [0.1, 0.15) is 17.5 Å². The van der Waals surface area contributed by atoms with Crippen molar-refractivity contribution in [3.8, 4) is 18.0 Å². The van der Waals surface area contributed by atoms with Crippen molar-refractivity contribution in [2.24, 2.45) is 0 Å². The summed E-state index contributed by atoms with van der Waals surface area (Å²) in [5.74, 6) is 2.54. The summed E-state index contributed by atoms with van der Waals surface area (Å²) >= 11 is 6.13. The van der Waals surface area contributed by atoms with Crippen LogP contribution in [-0.4, -0.2) is 28.1 Å². The Bertz CT molecular complexity index is 1230. The molecule has 1 spiro atoms. The monoisotopic (exact) mass is 402 g/mol. The number of rotatable bonds is 2. The van der Waals surface area contributed by atoms with Gasteiger partial charge in [-0.2, -0.15) is 5.10 Å². The van der Waals surface area contributed by atoms with Gasteiger partial charge in [0.05, 0.1) is 18.4 Å². The predicted octanol–water partition coefficient (Wildman–Crippen LogP) is 3.13. The first-order chi connectivity index (χ1) is 14.1. The number of hydrogen-bond acceptors (Lipinski definition) is 3. The van der Waals surface area contributed by atoms with E-state index >= 15 is 0 Å². The lowest BCUT2D eigenvalue weighted by Crippen LogP contribution is -2.46. The largest absolute Gasteiger partial charge is 0.310 e. The highest BCUT2D eigenvalue weighted by atomic mass is 35.5. The molecule has 0 fully saturated rings. The van der Waals surface area contributed by atoms with E-state index in [1.165, 1.54) is 0 Å². The molecule has 7 heteroatoms. The van der Waals surface area contributed by atoms with Crippen LogP contribution in [0.2, 0.25) is 5.02 Å². The molecule has 1 N–H and O–H groups in total. The number of amides is 2. The van der Waals surface area contributed by atoms with Crippen LogP contribution in [0.25, 0.3) is 5.69 Å². The molecule has 2 aliphatic heterocycles. The van der Waals surface area contributed by atoms with Crippen LogP contribution in [0.15, 0.2) is 54.7 Å². The molecular weight excluding hydrogens is 388 g/mol. The average molecular weight is 403 g/mol. The van der Waals surface area contributed by atoms with E-state index < -0.39 is 5.41 Å². The average Bonchev–Trinajstić information content (AvgIpc) is 3.23. The molecule has 6 nitrogen and oxygen atoms in total. The number of nitrogens with zero attached hydrogens (tertiary/aromatic N) is 3. The summed E-state index contributed by atoms with van der Waals surface area (Å²) in [5, 5.41) is 7.90. The number of hydrogen-bond donors (Lipinski definition) is 1. The number of para-hydroxylation sites is 1. The third-order valence-electron chi connectivity index (χ3n) is 5.48. The van der Waals surface area contributed by atoms with Crippen LogP contribution < -0.4 is 10.2 Å². The summed E-state index contributed by atoms with van der Waals surface area (Å²) in [5.41, 5.74) is 1.68. The molecule has 5 rings (SSSR count). The minimum absolute atomic E-state index is 0.00183. The molecule has 0 radical (unpaired) electrons. The predicted molar refractivity (Wildman–Crippen MR) is 110 cm³/mol. The number of carbonyl (C=O) groups excluding carboxylic acids is 2. The lowest BCUT2D eigenvalue weighted by molar-refractivity contribution is -0.126. The summed E-state index contributed by atoms with van der Waals surface area (Å²) in [7, 11) is 0. The van der Waals surface area contributed by atoms with Crippen molar-refractivity contribution in [1.82, 2.24) is 9.78 Å². The molecule has 2 aromatic carbocycles. The molecule has 0 saturated heterocycles. The number of anilines is 2. The van der Waals surface area contributed by atoms with E-state index in [4.69, 9.17) is 18.0 Å². The fourth-order valence-electron chi connectivity index (χ4n) is 4.30. The Morgan fingerprint density at radius 3 is 2.79 bits per heavy atom. The third kappa shape index (κ3) is 2.35. The lowest BCUT2D eigenvalue weighted by Gasteiger charge is -2.32. The smallest absolute Gasteiger partial charge is 0.243 e. The Morgan fingerprint density at radius 1 is 1.17 bits per heavy atom. The normalized spacial score (nSPS) is 19.7. The van der Waals surface area contributed by atoms with E-state index in [2.05, 4.69) is 16.3 Å². The Morgan fingerprint density at radius 2 is 2.00 bits per heavy atom. The Balaban J connectivity index is 1.77. The first kappa shape index (κ1) is 17.5. The molecule has 0 bridgehead atoms. The van der Waals surface area contributed by atoms with E-state index in [-0.39, 0.29) is 24.8 Å². The van der Waals surface area contributed by atoms with Crippen molar-refractivity contribution >= 4 is 34.9 Å². The molecule has 3 aromatic rings. The van der Waals surface area contributed by atoms with Crippen molar-refractivity contribution in [3.63, 3.8) is 0 Å². The SMILES string of the molecule is C#CCN1C(=O)[C@]2(CC(=O)Nc3c2cnn3-c2cccc(Cl)c2)c2ccccc21. The van der Waals surface area contributed by atoms with Gasteiger partial charge in [-0.15, -0.1) is 6.42 Å². The second-order valence-corrected chi connectivity index (χ2v) is 7.48. The zero-order valence-corrected chi connectivity index (χ0v) is 16.0. The highest BCUT2D eigenvalue weighted by Gasteiger charge is 2.56. The van der Waals surface area contributed by atoms with Gasteiger partial charge < -0.3 is 5.32 Å². The fraction of sp³-hybridized carbons (Fsp3) is 0.136. The number of benzene rings is 2. The molecule has 1 aromatic heterocycles. The zero-order chi connectivity index (χ0) is 20.2. The first-order valence-electron chi connectivity index (χ1n) is 9.05. The van der Waals surface area contributed by atoms with Gasteiger partial charge in [-0.3, -0.25) is 14.5 Å². The highest BCUT2D eigenvalue weighted by Crippen LogP contribution is 2.52. The van der Waals surface area contributed by atoms with Crippen LogP contribution in [0, 0.1) is 12.3 Å². The van der Waals surface area contributed by atoms with Crippen molar-refractivity contribution in [3.05, 3.63) is 70.9 Å². The molecule has 142 valence electrons. The zero-order valence-electron chi connectivity index (χ0n) is 15.2. The standard InChI is InChI=1S/C22H15ClN4O2/c1-2-10-26-18-9-4-3-8-16(18)22(21(26)29)12-19(28)25-20-17(22)13-24-27(20)15-7-5-6-14(23)11-15/h1,3-9,11,13H,10,12H2,(H,25,28)/t22-/m1/s1. The van der Waals surface area contributed by atoms with E-state index in [1.807, 2.05) is 30.3 Å². The quantitative estimate of drug-likeness (QED) is 0.670. The number of terminal acetylenes is 1.